The Morgan fingerprint density at radius 2 is 1.94 bits per heavy atom. The normalized spacial score (nSPS) is 26.1. The molecule has 0 N–H and O–H groups in total. The van der Waals surface area contributed by atoms with Crippen molar-refractivity contribution in [3.63, 3.8) is 0 Å². The van der Waals surface area contributed by atoms with Crippen LogP contribution in [0.5, 0.6) is 0 Å². The van der Waals surface area contributed by atoms with Gasteiger partial charge in [-0.15, -0.1) is 0 Å². The van der Waals surface area contributed by atoms with E-state index in [0.29, 0.717) is 17.2 Å². The van der Waals surface area contributed by atoms with Crippen LogP contribution < -0.4 is 0 Å². The molecule has 0 radical (unpaired) electrons. The fraction of sp³-hybridized carbons (Fsp3) is 0.280. The van der Waals surface area contributed by atoms with Crippen LogP contribution in [0.3, 0.4) is 0 Å². The average Bonchev–Trinajstić information content (AvgIpc) is 3.14. The molecule has 1 fully saturated rings. The van der Waals surface area contributed by atoms with E-state index in [1.165, 1.54) is 6.07 Å². The molecule has 3 aliphatic heterocycles. The maximum atomic E-state index is 14.6. The van der Waals surface area contributed by atoms with Crippen molar-refractivity contribution in [2.45, 2.75) is 19.9 Å². The highest BCUT2D eigenvalue weighted by Crippen LogP contribution is 2.27. The molecule has 0 unspecified atom stereocenters. The van der Waals surface area contributed by atoms with Crippen molar-refractivity contribution < 1.29 is 9.18 Å². The number of imidazole rings is 1. The van der Waals surface area contributed by atoms with Crippen LogP contribution in [-0.4, -0.2) is 62.7 Å². The largest absolute Gasteiger partial charge is 0.367 e. The number of hydrogen-bond donors (Lipinski definition) is 0. The van der Waals surface area contributed by atoms with E-state index in [-0.39, 0.29) is 11.6 Å². The summed E-state index contributed by atoms with van der Waals surface area (Å²) < 4.78 is 16.3. The van der Waals surface area contributed by atoms with Gasteiger partial charge in [0, 0.05) is 61.6 Å². The van der Waals surface area contributed by atoms with Crippen LogP contribution in [0.15, 0.2) is 72.5 Å². The van der Waals surface area contributed by atoms with Crippen molar-refractivity contribution in [3.05, 3.63) is 89.6 Å². The second-order valence-corrected chi connectivity index (χ2v) is 8.61. The molecule has 1 atom stereocenters. The van der Waals surface area contributed by atoms with E-state index in [1.54, 1.807) is 27.8 Å². The summed E-state index contributed by atoms with van der Waals surface area (Å²) in [6.45, 7) is 6.85. The van der Waals surface area contributed by atoms with E-state index in [0.717, 1.165) is 36.7 Å². The van der Waals surface area contributed by atoms with Crippen LogP contribution in [-0.2, 0) is 4.79 Å². The van der Waals surface area contributed by atoms with Crippen LogP contribution in [0.1, 0.15) is 18.2 Å². The molecule has 0 spiro atoms. The fourth-order valence-electron chi connectivity index (χ4n) is 4.32. The number of carbonyl (C=O) groups excluding carboxylic acids is 1. The molecule has 5 heterocycles. The van der Waals surface area contributed by atoms with Gasteiger partial charge in [0.2, 0.25) is 0 Å². The van der Waals surface area contributed by atoms with Gasteiger partial charge in [0.05, 0.1) is 11.4 Å². The summed E-state index contributed by atoms with van der Waals surface area (Å²) in [6.07, 6.45) is 16.7. The third kappa shape index (κ3) is 3.69. The number of aryl methyl sites for hydroxylation is 1. The van der Waals surface area contributed by atoms with E-state index >= 15 is 0 Å². The maximum absolute atomic E-state index is 14.6. The number of likely N-dealkylation sites (N-methyl/N-ethyl adjacent to an activating group) is 1. The summed E-state index contributed by atoms with van der Waals surface area (Å²) in [4.78, 5) is 23.8. The van der Waals surface area contributed by atoms with E-state index in [2.05, 4.69) is 34.8 Å². The molecule has 3 aliphatic rings. The van der Waals surface area contributed by atoms with Gasteiger partial charge in [-0.25, -0.2) is 9.37 Å². The summed E-state index contributed by atoms with van der Waals surface area (Å²) in [6, 6.07) is 1.88. The lowest BCUT2D eigenvalue weighted by molar-refractivity contribution is -0.122. The van der Waals surface area contributed by atoms with Gasteiger partial charge in [-0.05, 0) is 50.8 Å². The molecule has 2 aromatic heterocycles. The number of pyridine rings is 1. The van der Waals surface area contributed by atoms with Crippen LogP contribution in [0.2, 0.25) is 0 Å². The number of allylic oxidation sites excluding steroid dienone is 6. The SMILES string of the molecule is Cc1cn2cc(C3=C\C(=O)N4C=C(N5CCN(C)[C@@H](C)C5)C=C\C4=C/C=C/3)cc(F)c2n1. The lowest BCUT2D eigenvalue weighted by Gasteiger charge is -2.40. The average molecular weight is 432 g/mol. The van der Waals surface area contributed by atoms with E-state index < -0.39 is 5.82 Å². The van der Waals surface area contributed by atoms with Crippen molar-refractivity contribution in [3.8, 4) is 0 Å². The van der Waals surface area contributed by atoms with Crippen LogP contribution in [0.4, 0.5) is 4.39 Å². The Hall–Kier alpha value is -3.45. The van der Waals surface area contributed by atoms with Crippen molar-refractivity contribution in [2.24, 2.45) is 0 Å². The first-order valence-corrected chi connectivity index (χ1v) is 10.8. The minimum Gasteiger partial charge on any atom is -0.367 e. The lowest BCUT2D eigenvalue weighted by atomic mass is 10.0. The summed E-state index contributed by atoms with van der Waals surface area (Å²) >= 11 is 0. The number of nitrogens with zero attached hydrogens (tertiary/aromatic N) is 5. The van der Waals surface area contributed by atoms with Gasteiger partial charge in [-0.3, -0.25) is 9.69 Å². The highest BCUT2D eigenvalue weighted by atomic mass is 19.1. The predicted molar refractivity (Wildman–Crippen MR) is 123 cm³/mol. The molecule has 2 aromatic rings. The first kappa shape index (κ1) is 20.5. The topological polar surface area (TPSA) is 44.1 Å². The summed E-state index contributed by atoms with van der Waals surface area (Å²) in [7, 11) is 2.14. The van der Waals surface area contributed by atoms with Crippen LogP contribution >= 0.6 is 0 Å². The zero-order chi connectivity index (χ0) is 22.4. The number of amides is 1. The number of fused-ring (bicyclic) bond motifs is 2. The Kier molecular flexibility index (Phi) is 5.06. The molecule has 7 heteroatoms. The summed E-state index contributed by atoms with van der Waals surface area (Å²) in [5, 5.41) is 0. The van der Waals surface area contributed by atoms with Crippen molar-refractivity contribution >= 4 is 17.1 Å². The fourth-order valence-corrected chi connectivity index (χ4v) is 4.32. The Labute approximate surface area is 186 Å². The number of carbonyl (C=O) groups is 1. The smallest absolute Gasteiger partial charge is 0.255 e. The number of rotatable bonds is 2. The molecule has 0 saturated carbocycles. The van der Waals surface area contributed by atoms with Crippen molar-refractivity contribution in [1.29, 1.82) is 0 Å². The number of piperazine rings is 1. The van der Waals surface area contributed by atoms with Crippen molar-refractivity contribution in [1.82, 2.24) is 24.1 Å². The molecule has 5 rings (SSSR count). The molecule has 0 bridgehead atoms. The Balaban J connectivity index is 1.48. The molecule has 164 valence electrons. The predicted octanol–water partition coefficient (Wildman–Crippen LogP) is 3.49. The monoisotopic (exact) mass is 431 g/mol. The summed E-state index contributed by atoms with van der Waals surface area (Å²) in [5.41, 5.74) is 4.12. The molecular formula is C25H26FN5O. The molecule has 0 aromatic carbocycles. The van der Waals surface area contributed by atoms with Crippen LogP contribution in [0.25, 0.3) is 11.2 Å². The number of aromatic nitrogens is 2. The zero-order valence-corrected chi connectivity index (χ0v) is 18.5. The first-order chi connectivity index (χ1) is 15.4. The third-order valence-corrected chi connectivity index (χ3v) is 6.31. The third-order valence-electron chi connectivity index (χ3n) is 6.31. The van der Waals surface area contributed by atoms with Gasteiger partial charge in [-0.2, -0.15) is 0 Å². The Morgan fingerprint density at radius 1 is 1.12 bits per heavy atom. The van der Waals surface area contributed by atoms with Gasteiger partial charge in [-0.1, -0.05) is 12.2 Å². The van der Waals surface area contributed by atoms with Gasteiger partial charge in [0.1, 0.15) is 0 Å². The zero-order valence-electron chi connectivity index (χ0n) is 18.5. The quantitative estimate of drug-likeness (QED) is 0.730. The van der Waals surface area contributed by atoms with Gasteiger partial charge in [0.15, 0.2) is 11.5 Å². The van der Waals surface area contributed by atoms with Crippen LogP contribution in [0, 0.1) is 12.7 Å². The molecule has 32 heavy (non-hydrogen) atoms. The minimum atomic E-state index is -0.414. The second-order valence-electron chi connectivity index (χ2n) is 8.61. The molecule has 6 nitrogen and oxygen atoms in total. The highest BCUT2D eigenvalue weighted by molar-refractivity contribution is 5.99. The maximum Gasteiger partial charge on any atom is 0.255 e. The van der Waals surface area contributed by atoms with E-state index in [4.69, 9.17) is 0 Å². The Morgan fingerprint density at radius 3 is 2.75 bits per heavy atom. The molecular weight excluding hydrogens is 405 g/mol. The highest BCUT2D eigenvalue weighted by Gasteiger charge is 2.25. The van der Waals surface area contributed by atoms with Gasteiger partial charge < -0.3 is 14.2 Å². The molecule has 0 aliphatic carbocycles. The standard InChI is InChI=1S/C25H26FN5O/c1-17-13-30-15-20(11-23(26)25(30)27-17)19-5-4-6-21-7-8-22(16-31(21)24(32)12-19)29-10-9-28(3)18(2)14-29/h4-8,11-13,15-16,18H,9-10,14H2,1-3H3/b5-4+,19-12+,21-6+/t18-/m0/s1. The Bertz CT molecular complexity index is 1250. The van der Waals surface area contributed by atoms with E-state index in [1.807, 2.05) is 37.4 Å². The molecule has 1 saturated heterocycles. The van der Waals surface area contributed by atoms with Gasteiger partial charge in [0.25, 0.3) is 5.91 Å². The second kappa shape index (κ2) is 7.91. The number of hydrogen-bond acceptors (Lipinski definition) is 4. The lowest BCUT2D eigenvalue weighted by Crippen LogP contribution is -2.49. The minimum absolute atomic E-state index is 0.165. The van der Waals surface area contributed by atoms with Crippen molar-refractivity contribution in [2.75, 3.05) is 26.7 Å². The first-order valence-electron chi connectivity index (χ1n) is 10.8. The van der Waals surface area contributed by atoms with E-state index in [9.17, 15) is 9.18 Å². The summed E-state index contributed by atoms with van der Waals surface area (Å²) in [5.74, 6) is -0.579. The van der Waals surface area contributed by atoms with Gasteiger partial charge >= 0.3 is 0 Å². The molecule has 1 amide bonds. The number of halogens is 1.